The quantitative estimate of drug-likeness (QED) is 0.534. The molecule has 0 radical (unpaired) electrons. The standard InChI is InChI=1S/C11H7BrS/c1-2-8-7-13-11-9(6-12)4-3-5-10(8)11/h1,3-5,7H,6H2. The molecular weight excluding hydrogens is 244 g/mol. The Balaban J connectivity index is 2.81. The highest BCUT2D eigenvalue weighted by molar-refractivity contribution is 9.08. The minimum absolute atomic E-state index is 0.884. The molecule has 0 fully saturated rings. The molecule has 0 aliphatic heterocycles. The van der Waals surface area contributed by atoms with Crippen molar-refractivity contribution in [1.29, 1.82) is 0 Å². The Labute approximate surface area is 89.7 Å². The van der Waals surface area contributed by atoms with Crippen LogP contribution in [0.5, 0.6) is 0 Å². The van der Waals surface area contributed by atoms with Crippen molar-refractivity contribution in [1.82, 2.24) is 0 Å². The Hall–Kier alpha value is -0.780. The molecule has 0 N–H and O–H groups in total. The molecule has 1 aromatic carbocycles. The van der Waals surface area contributed by atoms with E-state index in [1.165, 1.54) is 15.6 Å². The number of benzene rings is 1. The molecule has 13 heavy (non-hydrogen) atoms. The summed E-state index contributed by atoms with van der Waals surface area (Å²) in [5.74, 6) is 2.70. The number of hydrogen-bond acceptors (Lipinski definition) is 1. The molecule has 0 bridgehead atoms. The van der Waals surface area contributed by atoms with E-state index in [1.807, 2.05) is 11.4 Å². The van der Waals surface area contributed by atoms with E-state index in [0.29, 0.717) is 0 Å². The first-order valence-electron chi connectivity index (χ1n) is 3.88. The van der Waals surface area contributed by atoms with Gasteiger partial charge in [0.05, 0.1) is 0 Å². The van der Waals surface area contributed by atoms with E-state index in [-0.39, 0.29) is 0 Å². The van der Waals surface area contributed by atoms with Crippen LogP contribution in [0.15, 0.2) is 23.6 Å². The molecule has 0 unspecified atom stereocenters. The Bertz CT molecular complexity index is 476. The first-order valence-corrected chi connectivity index (χ1v) is 5.88. The van der Waals surface area contributed by atoms with E-state index < -0.39 is 0 Å². The zero-order valence-electron chi connectivity index (χ0n) is 6.88. The van der Waals surface area contributed by atoms with Gasteiger partial charge in [0.1, 0.15) is 0 Å². The Morgan fingerprint density at radius 3 is 3.00 bits per heavy atom. The molecule has 2 aromatic rings. The Morgan fingerprint density at radius 1 is 1.46 bits per heavy atom. The van der Waals surface area contributed by atoms with Crippen LogP contribution >= 0.6 is 27.3 Å². The molecule has 0 nitrogen and oxygen atoms in total. The summed E-state index contributed by atoms with van der Waals surface area (Å²) in [6, 6.07) is 6.24. The van der Waals surface area contributed by atoms with Crippen LogP contribution in [0, 0.1) is 12.3 Å². The smallest absolute Gasteiger partial charge is 0.0428 e. The van der Waals surface area contributed by atoms with E-state index in [4.69, 9.17) is 6.42 Å². The van der Waals surface area contributed by atoms with Crippen LogP contribution in [-0.4, -0.2) is 0 Å². The lowest BCUT2D eigenvalue weighted by Gasteiger charge is -1.96. The molecule has 1 aromatic heterocycles. The average molecular weight is 251 g/mol. The van der Waals surface area contributed by atoms with E-state index in [1.54, 1.807) is 11.3 Å². The summed E-state index contributed by atoms with van der Waals surface area (Å²) in [7, 11) is 0. The zero-order valence-corrected chi connectivity index (χ0v) is 9.28. The van der Waals surface area contributed by atoms with Crippen LogP contribution in [-0.2, 0) is 5.33 Å². The fourth-order valence-corrected chi connectivity index (χ4v) is 3.01. The summed E-state index contributed by atoms with van der Waals surface area (Å²) in [5, 5.41) is 4.12. The maximum absolute atomic E-state index is 5.40. The average Bonchev–Trinajstić information content (AvgIpc) is 2.60. The van der Waals surface area contributed by atoms with Crippen LogP contribution in [0.2, 0.25) is 0 Å². The van der Waals surface area contributed by atoms with Crippen molar-refractivity contribution in [3.05, 3.63) is 34.7 Å². The van der Waals surface area contributed by atoms with Crippen molar-refractivity contribution in [3.8, 4) is 12.3 Å². The van der Waals surface area contributed by atoms with E-state index in [0.717, 1.165) is 10.9 Å². The first-order chi connectivity index (χ1) is 6.36. The van der Waals surface area contributed by atoms with Gasteiger partial charge in [0.15, 0.2) is 0 Å². The third kappa shape index (κ3) is 1.39. The van der Waals surface area contributed by atoms with Gasteiger partial charge in [-0.15, -0.1) is 17.8 Å². The third-order valence-electron chi connectivity index (χ3n) is 1.98. The fraction of sp³-hybridized carbons (Fsp3) is 0.0909. The molecule has 0 amide bonds. The van der Waals surface area contributed by atoms with Crippen LogP contribution in [0.25, 0.3) is 10.1 Å². The molecule has 0 saturated carbocycles. The predicted octanol–water partition coefficient (Wildman–Crippen LogP) is 3.78. The molecule has 2 rings (SSSR count). The van der Waals surface area contributed by atoms with E-state index in [9.17, 15) is 0 Å². The summed E-state index contributed by atoms with van der Waals surface area (Å²) in [5.41, 5.74) is 2.31. The maximum atomic E-state index is 5.40. The monoisotopic (exact) mass is 250 g/mol. The second kappa shape index (κ2) is 3.53. The zero-order chi connectivity index (χ0) is 9.26. The van der Waals surface area contributed by atoms with Crippen LogP contribution in [0.1, 0.15) is 11.1 Å². The van der Waals surface area contributed by atoms with Gasteiger partial charge in [0.25, 0.3) is 0 Å². The number of hydrogen-bond donors (Lipinski definition) is 0. The van der Waals surface area contributed by atoms with Gasteiger partial charge in [-0.25, -0.2) is 0 Å². The molecule has 2 heteroatoms. The number of rotatable bonds is 1. The summed E-state index contributed by atoms with van der Waals surface area (Å²) in [4.78, 5) is 0. The van der Waals surface area contributed by atoms with Crippen molar-refractivity contribution in [2.45, 2.75) is 5.33 Å². The summed E-state index contributed by atoms with van der Waals surface area (Å²) in [6.45, 7) is 0. The van der Waals surface area contributed by atoms with Crippen molar-refractivity contribution in [2.75, 3.05) is 0 Å². The number of fused-ring (bicyclic) bond motifs is 1. The summed E-state index contributed by atoms with van der Waals surface area (Å²) >= 11 is 5.18. The second-order valence-corrected chi connectivity index (χ2v) is 4.16. The highest BCUT2D eigenvalue weighted by atomic mass is 79.9. The third-order valence-corrected chi connectivity index (χ3v) is 3.66. The number of halogens is 1. The second-order valence-electron chi connectivity index (χ2n) is 2.72. The minimum Gasteiger partial charge on any atom is -0.142 e. The molecular formula is C11H7BrS. The summed E-state index contributed by atoms with van der Waals surface area (Å²) in [6.07, 6.45) is 5.40. The predicted molar refractivity (Wildman–Crippen MR) is 62.4 cm³/mol. The molecule has 0 spiro atoms. The van der Waals surface area contributed by atoms with Crippen LogP contribution in [0.3, 0.4) is 0 Å². The van der Waals surface area contributed by atoms with Crippen molar-refractivity contribution >= 4 is 37.4 Å². The van der Waals surface area contributed by atoms with Crippen LogP contribution in [0.4, 0.5) is 0 Å². The van der Waals surface area contributed by atoms with E-state index >= 15 is 0 Å². The minimum atomic E-state index is 0.884. The van der Waals surface area contributed by atoms with E-state index in [2.05, 4.69) is 34.0 Å². The highest BCUT2D eigenvalue weighted by Gasteiger charge is 2.04. The van der Waals surface area contributed by atoms with Gasteiger partial charge in [0, 0.05) is 26.4 Å². The lowest BCUT2D eigenvalue weighted by atomic mass is 10.1. The summed E-state index contributed by atoms with van der Waals surface area (Å²) < 4.78 is 1.30. The lowest BCUT2D eigenvalue weighted by molar-refractivity contribution is 1.51. The van der Waals surface area contributed by atoms with Gasteiger partial charge in [-0.1, -0.05) is 40.0 Å². The largest absolute Gasteiger partial charge is 0.142 e. The van der Waals surface area contributed by atoms with Crippen molar-refractivity contribution in [3.63, 3.8) is 0 Å². The highest BCUT2D eigenvalue weighted by Crippen LogP contribution is 2.29. The first kappa shape index (κ1) is 8.80. The molecule has 0 saturated heterocycles. The van der Waals surface area contributed by atoms with Gasteiger partial charge in [0.2, 0.25) is 0 Å². The lowest BCUT2D eigenvalue weighted by Crippen LogP contribution is -1.76. The molecule has 0 atom stereocenters. The van der Waals surface area contributed by atoms with Gasteiger partial charge in [-0.05, 0) is 5.56 Å². The Morgan fingerprint density at radius 2 is 2.31 bits per heavy atom. The van der Waals surface area contributed by atoms with Crippen molar-refractivity contribution in [2.24, 2.45) is 0 Å². The molecule has 0 aliphatic carbocycles. The SMILES string of the molecule is C#Cc1csc2c(CBr)cccc12. The van der Waals surface area contributed by atoms with Gasteiger partial charge in [-0.3, -0.25) is 0 Å². The number of thiophene rings is 1. The topological polar surface area (TPSA) is 0 Å². The van der Waals surface area contributed by atoms with Gasteiger partial charge in [-0.2, -0.15) is 0 Å². The maximum Gasteiger partial charge on any atom is 0.0428 e. The molecule has 1 heterocycles. The van der Waals surface area contributed by atoms with Gasteiger partial charge >= 0.3 is 0 Å². The van der Waals surface area contributed by atoms with Gasteiger partial charge < -0.3 is 0 Å². The fourth-order valence-electron chi connectivity index (χ4n) is 1.33. The van der Waals surface area contributed by atoms with Crippen LogP contribution < -0.4 is 0 Å². The Kier molecular flexibility index (Phi) is 2.39. The molecule has 0 aliphatic rings. The molecule has 64 valence electrons. The van der Waals surface area contributed by atoms with Crippen molar-refractivity contribution < 1.29 is 0 Å². The number of alkyl halides is 1. The normalized spacial score (nSPS) is 10.2. The number of terminal acetylenes is 1.